The fourth-order valence-corrected chi connectivity index (χ4v) is 4.60. The molecule has 3 N–H and O–H groups in total. The van der Waals surface area contributed by atoms with Crippen LogP contribution in [-0.4, -0.2) is 35.7 Å². The number of fused-ring (bicyclic) bond motifs is 3. The number of amides is 2. The summed E-state index contributed by atoms with van der Waals surface area (Å²) in [5.41, 5.74) is 5.12. The third kappa shape index (κ3) is 5.12. The first-order valence-electron chi connectivity index (χ1n) is 10.8. The molecule has 1 aliphatic rings. The van der Waals surface area contributed by atoms with E-state index in [1.54, 1.807) is 6.92 Å². The van der Waals surface area contributed by atoms with Crippen molar-refractivity contribution in [2.24, 2.45) is 0 Å². The molecule has 3 aromatic rings. The van der Waals surface area contributed by atoms with E-state index in [0.29, 0.717) is 10.2 Å². The van der Waals surface area contributed by atoms with Gasteiger partial charge in [-0.05, 0) is 63.3 Å². The van der Waals surface area contributed by atoms with Crippen LogP contribution in [0.15, 0.2) is 71.2 Å². The molecule has 0 unspecified atom stereocenters. The molecule has 0 fully saturated rings. The Hall–Kier alpha value is -3.65. The highest BCUT2D eigenvalue weighted by Gasteiger charge is 2.29. The van der Waals surface area contributed by atoms with Gasteiger partial charge in [0, 0.05) is 22.9 Å². The standard InChI is InChI=1S/C26H23BrN2O5/c1-15(12-24(30)29-23-11-10-16(25(31)32)13-22(23)27)28-26(33)34-14-21-19-8-4-2-6-17(19)18-7-3-5-9-20(18)21/h2-11,13,15,21H,12,14H2,1H3,(H,28,33)(H,29,30)(H,31,32)/t15-/m1/s1. The number of carbonyl (C=O) groups excluding carboxylic acids is 2. The highest BCUT2D eigenvalue weighted by molar-refractivity contribution is 9.10. The summed E-state index contributed by atoms with van der Waals surface area (Å²) in [6.07, 6.45) is -0.564. The van der Waals surface area contributed by atoms with Gasteiger partial charge in [-0.15, -0.1) is 0 Å². The predicted molar refractivity (Wildman–Crippen MR) is 132 cm³/mol. The predicted octanol–water partition coefficient (Wildman–Crippen LogP) is 5.40. The second kappa shape index (κ2) is 10.1. The Morgan fingerprint density at radius 2 is 1.62 bits per heavy atom. The molecule has 0 saturated heterocycles. The van der Waals surface area contributed by atoms with Gasteiger partial charge in [0.05, 0.1) is 11.3 Å². The normalized spacial score (nSPS) is 12.9. The SMILES string of the molecule is C[C@H](CC(=O)Nc1ccc(C(=O)O)cc1Br)NC(=O)OCC1c2ccccc2-c2ccccc21. The average Bonchev–Trinajstić information content (AvgIpc) is 3.12. The molecule has 2 amide bonds. The number of carboxylic acid groups (broad SMARTS) is 1. The smallest absolute Gasteiger partial charge is 0.407 e. The van der Waals surface area contributed by atoms with Crippen LogP contribution in [0.5, 0.6) is 0 Å². The van der Waals surface area contributed by atoms with Gasteiger partial charge in [-0.1, -0.05) is 48.5 Å². The Bertz CT molecular complexity index is 1210. The Balaban J connectivity index is 1.30. The number of hydrogen-bond acceptors (Lipinski definition) is 4. The lowest BCUT2D eigenvalue weighted by molar-refractivity contribution is -0.116. The lowest BCUT2D eigenvalue weighted by Gasteiger charge is -2.17. The van der Waals surface area contributed by atoms with Gasteiger partial charge in [0.25, 0.3) is 0 Å². The maximum atomic E-state index is 12.4. The van der Waals surface area contributed by atoms with Crippen molar-refractivity contribution in [2.45, 2.75) is 25.3 Å². The number of carboxylic acids is 1. The van der Waals surface area contributed by atoms with Gasteiger partial charge < -0.3 is 20.5 Å². The second-order valence-corrected chi connectivity index (χ2v) is 8.98. The van der Waals surface area contributed by atoms with Crippen molar-refractivity contribution in [2.75, 3.05) is 11.9 Å². The summed E-state index contributed by atoms with van der Waals surface area (Å²) in [6, 6.07) is 20.1. The van der Waals surface area contributed by atoms with Crippen LogP contribution in [0.3, 0.4) is 0 Å². The molecule has 34 heavy (non-hydrogen) atoms. The minimum absolute atomic E-state index is 0.0251. The summed E-state index contributed by atoms with van der Waals surface area (Å²) in [5, 5.41) is 14.4. The first kappa shape index (κ1) is 23.5. The van der Waals surface area contributed by atoms with E-state index >= 15 is 0 Å². The first-order valence-corrected chi connectivity index (χ1v) is 11.6. The molecule has 0 spiro atoms. The van der Waals surface area contributed by atoms with E-state index in [1.807, 2.05) is 24.3 Å². The topological polar surface area (TPSA) is 105 Å². The Morgan fingerprint density at radius 1 is 1.00 bits per heavy atom. The molecule has 4 rings (SSSR count). The maximum Gasteiger partial charge on any atom is 0.407 e. The molecular formula is C26H23BrN2O5. The molecule has 1 aliphatic carbocycles. The number of aromatic carboxylic acids is 1. The van der Waals surface area contributed by atoms with E-state index in [2.05, 4.69) is 50.8 Å². The minimum Gasteiger partial charge on any atom is -0.478 e. The van der Waals surface area contributed by atoms with Crippen molar-refractivity contribution in [1.82, 2.24) is 5.32 Å². The van der Waals surface area contributed by atoms with Gasteiger partial charge in [-0.25, -0.2) is 9.59 Å². The molecule has 0 aliphatic heterocycles. The zero-order valence-corrected chi connectivity index (χ0v) is 20.0. The summed E-state index contributed by atoms with van der Waals surface area (Å²) in [7, 11) is 0. The number of hydrogen-bond donors (Lipinski definition) is 3. The Labute approximate surface area is 205 Å². The molecule has 8 heteroatoms. The van der Waals surface area contributed by atoms with Crippen molar-refractivity contribution >= 4 is 39.6 Å². The van der Waals surface area contributed by atoms with E-state index < -0.39 is 18.1 Å². The van der Waals surface area contributed by atoms with Crippen LogP contribution in [0.1, 0.15) is 40.7 Å². The number of alkyl carbamates (subject to hydrolysis) is 1. The second-order valence-electron chi connectivity index (χ2n) is 8.12. The van der Waals surface area contributed by atoms with Crippen LogP contribution in [0.25, 0.3) is 11.1 Å². The first-order chi connectivity index (χ1) is 16.3. The summed E-state index contributed by atoms with van der Waals surface area (Å²) in [6.45, 7) is 1.91. The summed E-state index contributed by atoms with van der Waals surface area (Å²) in [5.74, 6) is -1.42. The number of benzene rings is 3. The van der Waals surface area contributed by atoms with Crippen LogP contribution >= 0.6 is 15.9 Å². The summed E-state index contributed by atoms with van der Waals surface area (Å²) < 4.78 is 5.98. The van der Waals surface area contributed by atoms with Gasteiger partial charge in [-0.2, -0.15) is 0 Å². The Morgan fingerprint density at radius 3 is 2.21 bits per heavy atom. The number of nitrogens with one attached hydrogen (secondary N) is 2. The van der Waals surface area contributed by atoms with Crippen LogP contribution in [0.4, 0.5) is 10.5 Å². The van der Waals surface area contributed by atoms with Crippen molar-refractivity contribution in [3.8, 4) is 11.1 Å². The summed E-state index contributed by atoms with van der Waals surface area (Å²) in [4.78, 5) is 35.8. The fraction of sp³-hybridized carbons (Fsp3) is 0.192. The highest BCUT2D eigenvalue weighted by Crippen LogP contribution is 2.44. The van der Waals surface area contributed by atoms with Crippen LogP contribution in [0.2, 0.25) is 0 Å². The molecule has 174 valence electrons. The fourth-order valence-electron chi connectivity index (χ4n) is 4.12. The lowest BCUT2D eigenvalue weighted by Crippen LogP contribution is -2.36. The van der Waals surface area contributed by atoms with Crippen molar-refractivity contribution in [3.05, 3.63) is 87.9 Å². The van der Waals surface area contributed by atoms with Gasteiger partial charge in [0.15, 0.2) is 0 Å². The van der Waals surface area contributed by atoms with E-state index in [1.165, 1.54) is 18.2 Å². The van der Waals surface area contributed by atoms with Crippen molar-refractivity contribution < 1.29 is 24.2 Å². The van der Waals surface area contributed by atoms with E-state index in [9.17, 15) is 14.4 Å². The van der Waals surface area contributed by atoms with Gasteiger partial charge in [0.2, 0.25) is 5.91 Å². The van der Waals surface area contributed by atoms with Crippen LogP contribution in [-0.2, 0) is 9.53 Å². The van der Waals surface area contributed by atoms with Crippen LogP contribution in [0, 0.1) is 0 Å². The van der Waals surface area contributed by atoms with Gasteiger partial charge in [0.1, 0.15) is 6.61 Å². The molecule has 0 aromatic heterocycles. The molecule has 0 radical (unpaired) electrons. The average molecular weight is 523 g/mol. The molecule has 7 nitrogen and oxygen atoms in total. The van der Waals surface area contributed by atoms with Crippen LogP contribution < -0.4 is 10.6 Å². The number of halogens is 1. The minimum atomic E-state index is -1.06. The number of anilines is 1. The maximum absolute atomic E-state index is 12.4. The monoisotopic (exact) mass is 522 g/mol. The number of carbonyl (C=O) groups is 3. The van der Waals surface area contributed by atoms with E-state index in [4.69, 9.17) is 9.84 Å². The lowest BCUT2D eigenvalue weighted by atomic mass is 9.98. The molecule has 3 aromatic carbocycles. The molecule has 0 heterocycles. The van der Waals surface area contributed by atoms with Crippen molar-refractivity contribution in [3.63, 3.8) is 0 Å². The van der Waals surface area contributed by atoms with E-state index in [-0.39, 0.29) is 30.4 Å². The van der Waals surface area contributed by atoms with E-state index in [0.717, 1.165) is 22.3 Å². The third-order valence-electron chi connectivity index (χ3n) is 5.69. The van der Waals surface area contributed by atoms with Crippen molar-refractivity contribution in [1.29, 1.82) is 0 Å². The third-order valence-corrected chi connectivity index (χ3v) is 6.35. The Kier molecular flexibility index (Phi) is 6.98. The summed E-state index contributed by atoms with van der Waals surface area (Å²) >= 11 is 3.26. The molecule has 0 saturated carbocycles. The molecular weight excluding hydrogens is 500 g/mol. The number of rotatable bonds is 7. The zero-order chi connectivity index (χ0) is 24.2. The zero-order valence-electron chi connectivity index (χ0n) is 18.4. The van der Waals surface area contributed by atoms with Gasteiger partial charge in [-0.3, -0.25) is 4.79 Å². The number of ether oxygens (including phenoxy) is 1. The van der Waals surface area contributed by atoms with Gasteiger partial charge >= 0.3 is 12.1 Å². The highest BCUT2D eigenvalue weighted by atomic mass is 79.9. The molecule has 0 bridgehead atoms. The molecule has 1 atom stereocenters. The largest absolute Gasteiger partial charge is 0.478 e. The quantitative estimate of drug-likeness (QED) is 0.385.